The van der Waals surface area contributed by atoms with Gasteiger partial charge in [-0.05, 0) is 26.2 Å². The summed E-state index contributed by atoms with van der Waals surface area (Å²) in [5, 5.41) is 0. The van der Waals surface area contributed by atoms with Gasteiger partial charge in [-0.15, -0.1) is 0 Å². The van der Waals surface area contributed by atoms with Gasteiger partial charge in [-0.3, -0.25) is 9.59 Å². The first kappa shape index (κ1) is 15.4. The van der Waals surface area contributed by atoms with Crippen molar-refractivity contribution in [3.05, 3.63) is 25.3 Å². The Labute approximate surface area is 103 Å². The van der Waals surface area contributed by atoms with Crippen molar-refractivity contribution >= 4 is 11.8 Å². The van der Waals surface area contributed by atoms with Crippen LogP contribution in [-0.2, 0) is 9.59 Å². The molecule has 0 bridgehead atoms. The van der Waals surface area contributed by atoms with Gasteiger partial charge in [0.15, 0.2) is 0 Å². The van der Waals surface area contributed by atoms with Gasteiger partial charge in [0.05, 0.1) is 0 Å². The molecule has 0 aliphatic heterocycles. The molecule has 96 valence electrons. The van der Waals surface area contributed by atoms with Crippen LogP contribution in [0.1, 0.15) is 0 Å². The lowest BCUT2D eigenvalue weighted by Crippen LogP contribution is -2.53. The average molecular weight is 239 g/mol. The Morgan fingerprint density at radius 3 is 1.59 bits per heavy atom. The molecule has 2 amide bonds. The molecule has 0 heterocycles. The first-order chi connectivity index (χ1) is 7.84. The van der Waals surface area contributed by atoms with Crippen LogP contribution in [0.4, 0.5) is 0 Å². The maximum Gasteiger partial charge on any atom is 0.247 e. The minimum atomic E-state index is -0.346. The SMILES string of the molecule is C=CC(=O)N(C)C(CN(C)C)N(C)C(=O)C=C. The second kappa shape index (κ2) is 6.85. The molecule has 0 atom stereocenters. The third-order valence-electron chi connectivity index (χ3n) is 2.47. The monoisotopic (exact) mass is 239 g/mol. The summed E-state index contributed by atoms with van der Waals surface area (Å²) in [7, 11) is 7.05. The molecule has 0 N–H and O–H groups in total. The van der Waals surface area contributed by atoms with Crippen molar-refractivity contribution < 1.29 is 9.59 Å². The molecule has 0 fully saturated rings. The van der Waals surface area contributed by atoms with Gasteiger partial charge in [0.1, 0.15) is 6.17 Å². The van der Waals surface area contributed by atoms with Crippen molar-refractivity contribution in [2.75, 3.05) is 34.7 Å². The number of likely N-dealkylation sites (N-methyl/N-ethyl adjacent to an activating group) is 3. The average Bonchev–Trinajstić information content (AvgIpc) is 2.31. The number of carbonyl (C=O) groups is 2. The van der Waals surface area contributed by atoms with E-state index in [0.717, 1.165) is 0 Å². The second-order valence-corrected chi connectivity index (χ2v) is 4.05. The molecule has 0 saturated heterocycles. The quantitative estimate of drug-likeness (QED) is 0.490. The van der Waals surface area contributed by atoms with Crippen molar-refractivity contribution in [1.82, 2.24) is 14.7 Å². The van der Waals surface area contributed by atoms with Crippen LogP contribution in [-0.4, -0.2) is 67.4 Å². The highest BCUT2D eigenvalue weighted by Gasteiger charge is 2.25. The molecule has 0 saturated carbocycles. The second-order valence-electron chi connectivity index (χ2n) is 4.05. The molecule has 5 heteroatoms. The van der Waals surface area contributed by atoms with Crippen molar-refractivity contribution in [2.45, 2.75) is 6.17 Å². The molecule has 0 unspecified atom stereocenters. The lowest BCUT2D eigenvalue weighted by molar-refractivity contribution is -0.137. The Kier molecular flexibility index (Phi) is 6.20. The van der Waals surface area contributed by atoms with E-state index in [1.165, 1.54) is 22.0 Å². The smallest absolute Gasteiger partial charge is 0.247 e. The van der Waals surface area contributed by atoms with Gasteiger partial charge in [-0.25, -0.2) is 0 Å². The summed E-state index contributed by atoms with van der Waals surface area (Å²) in [6.07, 6.45) is 2.12. The van der Waals surface area contributed by atoms with Crippen molar-refractivity contribution in [3.63, 3.8) is 0 Å². The first-order valence-electron chi connectivity index (χ1n) is 5.28. The van der Waals surface area contributed by atoms with Gasteiger partial charge >= 0.3 is 0 Å². The van der Waals surface area contributed by atoms with Gasteiger partial charge in [-0.2, -0.15) is 0 Å². The third-order valence-corrected chi connectivity index (χ3v) is 2.47. The van der Waals surface area contributed by atoms with Crippen molar-refractivity contribution in [2.24, 2.45) is 0 Å². The van der Waals surface area contributed by atoms with Gasteiger partial charge in [0.25, 0.3) is 0 Å². The molecule has 0 radical (unpaired) electrons. The summed E-state index contributed by atoms with van der Waals surface area (Å²) in [4.78, 5) is 28.0. The van der Waals surface area contributed by atoms with E-state index in [1.54, 1.807) is 14.1 Å². The topological polar surface area (TPSA) is 43.9 Å². The van der Waals surface area contributed by atoms with Crippen LogP contribution in [0.25, 0.3) is 0 Å². The zero-order chi connectivity index (χ0) is 13.6. The summed E-state index contributed by atoms with van der Waals surface area (Å²) >= 11 is 0. The largest absolute Gasteiger partial charge is 0.320 e. The van der Waals surface area contributed by atoms with Crippen LogP contribution in [0.5, 0.6) is 0 Å². The number of hydrogen-bond donors (Lipinski definition) is 0. The van der Waals surface area contributed by atoms with Crippen LogP contribution >= 0.6 is 0 Å². The van der Waals surface area contributed by atoms with Crippen LogP contribution < -0.4 is 0 Å². The Morgan fingerprint density at radius 2 is 1.35 bits per heavy atom. The zero-order valence-corrected chi connectivity index (χ0v) is 11.0. The maximum atomic E-state index is 11.6. The fourth-order valence-electron chi connectivity index (χ4n) is 1.41. The molecule has 0 aliphatic carbocycles. The number of carbonyl (C=O) groups excluding carboxylic acids is 2. The molecule has 0 aromatic rings. The van der Waals surface area contributed by atoms with Crippen molar-refractivity contribution in [1.29, 1.82) is 0 Å². The molecule has 0 aliphatic rings. The highest BCUT2D eigenvalue weighted by Crippen LogP contribution is 2.05. The van der Waals surface area contributed by atoms with E-state index in [1.807, 2.05) is 19.0 Å². The molecular weight excluding hydrogens is 218 g/mol. The fraction of sp³-hybridized carbons (Fsp3) is 0.500. The van der Waals surface area contributed by atoms with Gasteiger partial charge in [-0.1, -0.05) is 13.2 Å². The molecule has 0 rings (SSSR count). The van der Waals surface area contributed by atoms with Crippen LogP contribution in [0, 0.1) is 0 Å². The number of nitrogens with zero attached hydrogens (tertiary/aromatic N) is 3. The Balaban J connectivity index is 4.98. The van der Waals surface area contributed by atoms with Gasteiger partial charge in [0.2, 0.25) is 11.8 Å². The number of hydrogen-bond acceptors (Lipinski definition) is 3. The van der Waals surface area contributed by atoms with Crippen LogP contribution in [0.15, 0.2) is 25.3 Å². The zero-order valence-electron chi connectivity index (χ0n) is 11.0. The molecular formula is C12H21N3O2. The maximum absolute atomic E-state index is 11.6. The van der Waals surface area contributed by atoms with Gasteiger partial charge < -0.3 is 14.7 Å². The van der Waals surface area contributed by atoms with E-state index in [9.17, 15) is 9.59 Å². The van der Waals surface area contributed by atoms with E-state index in [4.69, 9.17) is 0 Å². The Hall–Kier alpha value is -1.62. The number of amides is 2. The van der Waals surface area contributed by atoms with Crippen molar-refractivity contribution in [3.8, 4) is 0 Å². The summed E-state index contributed by atoms with van der Waals surface area (Å²) < 4.78 is 0. The van der Waals surface area contributed by atoms with E-state index >= 15 is 0 Å². The summed E-state index contributed by atoms with van der Waals surface area (Å²) in [5.41, 5.74) is 0. The molecule has 0 aromatic heterocycles. The highest BCUT2D eigenvalue weighted by molar-refractivity contribution is 5.89. The van der Waals surface area contributed by atoms with E-state index in [2.05, 4.69) is 13.2 Å². The summed E-state index contributed by atoms with van der Waals surface area (Å²) in [6, 6.07) is 0. The van der Waals surface area contributed by atoms with E-state index in [-0.39, 0.29) is 18.0 Å². The summed E-state index contributed by atoms with van der Waals surface area (Å²) in [5.74, 6) is -0.443. The Morgan fingerprint density at radius 1 is 1.00 bits per heavy atom. The van der Waals surface area contributed by atoms with Crippen LogP contribution in [0.2, 0.25) is 0 Å². The van der Waals surface area contributed by atoms with E-state index in [0.29, 0.717) is 6.54 Å². The number of rotatable bonds is 6. The fourth-order valence-corrected chi connectivity index (χ4v) is 1.41. The minimum Gasteiger partial charge on any atom is -0.320 e. The molecule has 5 nitrogen and oxygen atoms in total. The molecule has 0 spiro atoms. The first-order valence-corrected chi connectivity index (χ1v) is 5.28. The summed E-state index contributed by atoms with van der Waals surface area (Å²) in [6.45, 7) is 7.43. The lowest BCUT2D eigenvalue weighted by atomic mass is 10.3. The third kappa shape index (κ3) is 4.40. The standard InChI is InChI=1S/C12H21N3O2/c1-7-11(16)14(5)10(9-13(3)4)15(6)12(17)8-2/h7-8,10H,1-2,9H2,3-6H3. The molecule has 17 heavy (non-hydrogen) atoms. The predicted molar refractivity (Wildman–Crippen MR) is 68.3 cm³/mol. The van der Waals surface area contributed by atoms with Crippen LogP contribution in [0.3, 0.4) is 0 Å². The Bertz CT molecular complexity index is 287. The highest BCUT2D eigenvalue weighted by atomic mass is 16.2. The predicted octanol–water partition coefficient (Wildman–Crippen LogP) is 0.163. The minimum absolute atomic E-state index is 0.222. The van der Waals surface area contributed by atoms with E-state index < -0.39 is 0 Å². The van der Waals surface area contributed by atoms with Gasteiger partial charge in [0, 0.05) is 20.6 Å². The normalized spacial score (nSPS) is 10.2. The lowest BCUT2D eigenvalue weighted by Gasteiger charge is -2.36. The molecule has 0 aromatic carbocycles.